The Morgan fingerprint density at radius 2 is 2.00 bits per heavy atom. The van der Waals surface area contributed by atoms with Gasteiger partial charge in [-0.1, -0.05) is 27.2 Å². The van der Waals surface area contributed by atoms with E-state index in [-0.39, 0.29) is 0 Å². The van der Waals surface area contributed by atoms with Crippen LogP contribution in [0.2, 0.25) is 0 Å². The molecule has 0 saturated heterocycles. The Balaban J connectivity index is 3.43. The Bertz CT molecular complexity index is 59.0. The maximum absolute atomic E-state index is 5.03. The predicted molar refractivity (Wildman–Crippen MR) is 40.2 cm³/mol. The molecule has 1 radical (unpaired) electrons. The third-order valence-electron chi connectivity index (χ3n) is 1.39. The third-order valence-corrected chi connectivity index (χ3v) is 1.39. The zero-order valence-electron chi connectivity index (χ0n) is 6.74. The van der Waals surface area contributed by atoms with Crippen LogP contribution < -0.4 is 0 Å². The van der Waals surface area contributed by atoms with E-state index in [0.717, 1.165) is 19.4 Å². The molecule has 0 unspecified atom stereocenters. The summed E-state index contributed by atoms with van der Waals surface area (Å²) in [5, 5.41) is 0. The highest BCUT2D eigenvalue weighted by atomic mass is 16.5. The molecule has 0 amide bonds. The molecule has 0 aromatic heterocycles. The fourth-order valence-corrected chi connectivity index (χ4v) is 0.941. The van der Waals surface area contributed by atoms with Crippen LogP contribution in [0.4, 0.5) is 0 Å². The standard InChI is InChI=1S/C8H17O/c1-5-6-8(2,3)7-9-4/h1,5-7H2,2-4H3. The summed E-state index contributed by atoms with van der Waals surface area (Å²) >= 11 is 0. The summed E-state index contributed by atoms with van der Waals surface area (Å²) in [7, 11) is 1.74. The van der Waals surface area contributed by atoms with E-state index in [1.54, 1.807) is 7.11 Å². The first kappa shape index (κ1) is 8.96. The number of rotatable bonds is 4. The van der Waals surface area contributed by atoms with E-state index in [4.69, 9.17) is 4.74 Å². The van der Waals surface area contributed by atoms with Crippen molar-refractivity contribution in [1.29, 1.82) is 0 Å². The molecule has 0 N–H and O–H groups in total. The van der Waals surface area contributed by atoms with Crippen molar-refractivity contribution in [2.75, 3.05) is 13.7 Å². The van der Waals surface area contributed by atoms with Crippen LogP contribution in [0.3, 0.4) is 0 Å². The van der Waals surface area contributed by atoms with Crippen LogP contribution in [0, 0.1) is 12.3 Å². The van der Waals surface area contributed by atoms with E-state index in [1.807, 2.05) is 0 Å². The summed E-state index contributed by atoms with van der Waals surface area (Å²) in [5.74, 6) is 0. The molecule has 0 fully saturated rings. The van der Waals surface area contributed by atoms with Gasteiger partial charge in [-0.3, -0.25) is 0 Å². The van der Waals surface area contributed by atoms with Crippen LogP contribution in [0.15, 0.2) is 0 Å². The Labute approximate surface area is 58.4 Å². The fraction of sp³-hybridized carbons (Fsp3) is 0.875. The molecule has 0 aromatic rings. The van der Waals surface area contributed by atoms with Crippen LogP contribution >= 0.6 is 0 Å². The molecule has 0 aliphatic carbocycles. The van der Waals surface area contributed by atoms with Crippen molar-refractivity contribution in [1.82, 2.24) is 0 Å². The Morgan fingerprint density at radius 1 is 1.44 bits per heavy atom. The summed E-state index contributed by atoms with van der Waals surface area (Å²) in [4.78, 5) is 0. The molecule has 0 aliphatic heterocycles. The van der Waals surface area contributed by atoms with Gasteiger partial charge in [-0.05, 0) is 11.8 Å². The summed E-state index contributed by atoms with van der Waals surface area (Å²) in [6, 6.07) is 0. The Kier molecular flexibility index (Phi) is 3.87. The molecule has 0 atom stereocenters. The average Bonchev–Trinajstić information content (AvgIpc) is 1.64. The molecule has 0 saturated carbocycles. The molecular weight excluding hydrogens is 112 g/mol. The lowest BCUT2D eigenvalue weighted by Gasteiger charge is -2.22. The highest BCUT2D eigenvalue weighted by molar-refractivity contribution is 4.67. The van der Waals surface area contributed by atoms with E-state index in [9.17, 15) is 0 Å². The first-order valence-electron chi connectivity index (χ1n) is 3.40. The Hall–Kier alpha value is -0.0400. The number of hydrogen-bond donors (Lipinski definition) is 0. The number of hydrogen-bond acceptors (Lipinski definition) is 1. The average molecular weight is 129 g/mol. The summed E-state index contributed by atoms with van der Waals surface area (Å²) < 4.78 is 5.03. The fourth-order valence-electron chi connectivity index (χ4n) is 0.941. The number of methoxy groups -OCH3 is 1. The van der Waals surface area contributed by atoms with E-state index >= 15 is 0 Å². The van der Waals surface area contributed by atoms with Gasteiger partial charge in [-0.15, -0.1) is 0 Å². The number of ether oxygens (including phenoxy) is 1. The van der Waals surface area contributed by atoms with Crippen molar-refractivity contribution in [2.24, 2.45) is 5.41 Å². The van der Waals surface area contributed by atoms with E-state index in [0.29, 0.717) is 5.41 Å². The molecule has 0 bridgehead atoms. The van der Waals surface area contributed by atoms with Gasteiger partial charge in [0.05, 0.1) is 6.61 Å². The lowest BCUT2D eigenvalue weighted by molar-refractivity contribution is 0.0989. The summed E-state index contributed by atoms with van der Waals surface area (Å²) in [6.45, 7) is 9.03. The van der Waals surface area contributed by atoms with Gasteiger partial charge in [0.25, 0.3) is 0 Å². The normalized spacial score (nSPS) is 12.0. The van der Waals surface area contributed by atoms with Gasteiger partial charge < -0.3 is 4.74 Å². The van der Waals surface area contributed by atoms with Crippen molar-refractivity contribution in [3.8, 4) is 0 Å². The van der Waals surface area contributed by atoms with Crippen LogP contribution in [-0.2, 0) is 4.74 Å². The highest BCUT2D eigenvalue weighted by Crippen LogP contribution is 2.21. The van der Waals surface area contributed by atoms with Crippen molar-refractivity contribution in [3.63, 3.8) is 0 Å². The zero-order valence-corrected chi connectivity index (χ0v) is 6.74. The van der Waals surface area contributed by atoms with Gasteiger partial charge in [-0.2, -0.15) is 0 Å². The van der Waals surface area contributed by atoms with Crippen LogP contribution in [0.1, 0.15) is 26.7 Å². The topological polar surface area (TPSA) is 9.23 Å². The first-order chi connectivity index (χ1) is 4.12. The second kappa shape index (κ2) is 3.89. The maximum atomic E-state index is 5.03. The van der Waals surface area contributed by atoms with E-state index in [1.165, 1.54) is 0 Å². The van der Waals surface area contributed by atoms with Gasteiger partial charge in [0.15, 0.2) is 0 Å². The second-order valence-corrected chi connectivity index (χ2v) is 3.20. The monoisotopic (exact) mass is 129 g/mol. The minimum Gasteiger partial charge on any atom is -0.384 e. The van der Waals surface area contributed by atoms with Crippen molar-refractivity contribution in [2.45, 2.75) is 26.7 Å². The molecule has 0 spiro atoms. The molecule has 0 aliphatic rings. The molecule has 55 valence electrons. The predicted octanol–water partition coefficient (Wildman–Crippen LogP) is 2.27. The Morgan fingerprint density at radius 3 is 2.33 bits per heavy atom. The largest absolute Gasteiger partial charge is 0.384 e. The minimum absolute atomic E-state index is 0.316. The molecular formula is C8H17O. The lowest BCUT2D eigenvalue weighted by Crippen LogP contribution is -2.17. The summed E-state index contributed by atoms with van der Waals surface area (Å²) in [5.41, 5.74) is 0.316. The van der Waals surface area contributed by atoms with Gasteiger partial charge in [0, 0.05) is 7.11 Å². The van der Waals surface area contributed by atoms with Gasteiger partial charge in [0.2, 0.25) is 0 Å². The highest BCUT2D eigenvalue weighted by Gasteiger charge is 2.15. The molecule has 9 heavy (non-hydrogen) atoms. The summed E-state index contributed by atoms with van der Waals surface area (Å²) in [6.07, 6.45) is 2.14. The molecule has 0 aromatic carbocycles. The van der Waals surface area contributed by atoms with Crippen LogP contribution in [0.5, 0.6) is 0 Å². The van der Waals surface area contributed by atoms with Crippen molar-refractivity contribution >= 4 is 0 Å². The van der Waals surface area contributed by atoms with E-state index < -0.39 is 0 Å². The quantitative estimate of drug-likeness (QED) is 0.565. The SMILES string of the molecule is [CH2]CCC(C)(C)COC. The third kappa shape index (κ3) is 4.46. The van der Waals surface area contributed by atoms with Crippen LogP contribution in [0.25, 0.3) is 0 Å². The van der Waals surface area contributed by atoms with Crippen molar-refractivity contribution < 1.29 is 4.74 Å². The second-order valence-electron chi connectivity index (χ2n) is 3.20. The lowest BCUT2D eigenvalue weighted by atomic mass is 9.89. The molecule has 1 heteroatoms. The molecule has 0 rings (SSSR count). The first-order valence-corrected chi connectivity index (χ1v) is 3.40. The maximum Gasteiger partial charge on any atom is 0.0513 e. The molecule has 1 nitrogen and oxygen atoms in total. The smallest absolute Gasteiger partial charge is 0.0513 e. The molecule has 0 heterocycles. The minimum atomic E-state index is 0.316. The van der Waals surface area contributed by atoms with Crippen molar-refractivity contribution in [3.05, 3.63) is 6.92 Å². The van der Waals surface area contributed by atoms with Gasteiger partial charge in [0.1, 0.15) is 0 Å². The van der Waals surface area contributed by atoms with Gasteiger partial charge >= 0.3 is 0 Å². The van der Waals surface area contributed by atoms with Crippen LogP contribution in [-0.4, -0.2) is 13.7 Å². The zero-order chi connectivity index (χ0) is 7.33. The van der Waals surface area contributed by atoms with E-state index in [2.05, 4.69) is 20.8 Å². The van der Waals surface area contributed by atoms with Gasteiger partial charge in [-0.25, -0.2) is 0 Å².